The number of esters is 1. The molecule has 0 saturated carbocycles. The molecule has 1 aromatic heterocycles. The number of ether oxygens (including phenoxy) is 2. The quantitative estimate of drug-likeness (QED) is 0.607. The summed E-state index contributed by atoms with van der Waals surface area (Å²) >= 11 is 0. The summed E-state index contributed by atoms with van der Waals surface area (Å²) in [4.78, 5) is 12.5. The lowest BCUT2D eigenvalue weighted by Gasteiger charge is -2.14. The number of anilines is 1. The highest BCUT2D eigenvalue weighted by Crippen LogP contribution is 2.31. The van der Waals surface area contributed by atoms with Gasteiger partial charge in [-0.2, -0.15) is 0 Å². The molecule has 0 atom stereocenters. The number of sulfonamides is 1. The van der Waals surface area contributed by atoms with E-state index in [0.29, 0.717) is 33.5 Å². The minimum Gasteiger partial charge on any atom is -0.465 e. The van der Waals surface area contributed by atoms with E-state index < -0.39 is 16.0 Å². The van der Waals surface area contributed by atoms with E-state index in [2.05, 4.69) is 4.72 Å². The Morgan fingerprint density at radius 2 is 1.72 bits per heavy atom. The summed E-state index contributed by atoms with van der Waals surface area (Å²) in [6.07, 6.45) is 0. The number of furan rings is 1. The van der Waals surface area contributed by atoms with Crippen LogP contribution >= 0.6 is 0 Å². The highest BCUT2D eigenvalue weighted by molar-refractivity contribution is 7.92. The molecule has 154 valence electrons. The molecule has 1 N–H and O–H groups in total. The van der Waals surface area contributed by atoms with Crippen LogP contribution < -0.4 is 4.72 Å². The second kappa shape index (κ2) is 7.88. The van der Waals surface area contributed by atoms with Gasteiger partial charge in [0.15, 0.2) is 0 Å². The van der Waals surface area contributed by atoms with E-state index in [1.165, 1.54) is 14.2 Å². The molecule has 0 spiro atoms. The van der Waals surface area contributed by atoms with Crippen LogP contribution in [-0.4, -0.2) is 28.6 Å². The van der Waals surface area contributed by atoms with Gasteiger partial charge in [0.2, 0.25) is 0 Å². The van der Waals surface area contributed by atoms with Gasteiger partial charge in [0.1, 0.15) is 23.5 Å². The topological polar surface area (TPSA) is 94.8 Å². The standard InChI is InChI=1S/C21H23NO6S/c1-12-8-13(2)20(14(3)9-12)29(24,25)22-15-6-7-17-16(10-15)19(21(23)27-5)18(28-17)11-26-4/h6-10,22H,11H2,1-5H3. The van der Waals surface area contributed by atoms with Crippen molar-refractivity contribution in [2.24, 2.45) is 0 Å². The third-order valence-corrected chi connectivity index (χ3v) is 6.24. The maximum atomic E-state index is 13.0. The van der Waals surface area contributed by atoms with Gasteiger partial charge in [-0.05, 0) is 50.1 Å². The van der Waals surface area contributed by atoms with Crippen molar-refractivity contribution >= 4 is 32.6 Å². The third-order valence-electron chi connectivity index (χ3n) is 4.55. The third kappa shape index (κ3) is 3.99. The van der Waals surface area contributed by atoms with Crippen molar-refractivity contribution in [2.75, 3.05) is 18.9 Å². The molecule has 0 fully saturated rings. The minimum atomic E-state index is -3.82. The molecule has 29 heavy (non-hydrogen) atoms. The molecule has 0 aliphatic rings. The van der Waals surface area contributed by atoms with Gasteiger partial charge in [-0.25, -0.2) is 13.2 Å². The second-order valence-corrected chi connectivity index (χ2v) is 8.49. The Balaban J connectivity index is 2.08. The van der Waals surface area contributed by atoms with Crippen LogP contribution in [0.3, 0.4) is 0 Å². The van der Waals surface area contributed by atoms with E-state index in [9.17, 15) is 13.2 Å². The summed E-state index contributed by atoms with van der Waals surface area (Å²) in [5.74, 6) is -0.263. The van der Waals surface area contributed by atoms with Crippen molar-refractivity contribution < 1.29 is 27.1 Å². The molecule has 1 heterocycles. The van der Waals surface area contributed by atoms with Crippen molar-refractivity contribution in [1.82, 2.24) is 0 Å². The molecule has 0 aliphatic carbocycles. The van der Waals surface area contributed by atoms with Gasteiger partial charge in [-0.3, -0.25) is 4.72 Å². The first-order valence-electron chi connectivity index (χ1n) is 8.91. The monoisotopic (exact) mass is 417 g/mol. The van der Waals surface area contributed by atoms with Crippen molar-refractivity contribution in [3.05, 3.63) is 58.3 Å². The van der Waals surface area contributed by atoms with Gasteiger partial charge >= 0.3 is 5.97 Å². The van der Waals surface area contributed by atoms with Crippen molar-refractivity contribution in [3.8, 4) is 0 Å². The zero-order valence-electron chi connectivity index (χ0n) is 17.0. The molecule has 0 saturated heterocycles. The van der Waals surface area contributed by atoms with Crippen LogP contribution in [0.2, 0.25) is 0 Å². The van der Waals surface area contributed by atoms with Crippen molar-refractivity contribution in [3.63, 3.8) is 0 Å². The van der Waals surface area contributed by atoms with E-state index in [1.54, 1.807) is 32.0 Å². The van der Waals surface area contributed by atoms with E-state index in [0.717, 1.165) is 5.56 Å². The molecule has 0 amide bonds. The van der Waals surface area contributed by atoms with Crippen LogP contribution in [0.25, 0.3) is 11.0 Å². The first-order chi connectivity index (χ1) is 13.7. The fourth-order valence-corrected chi connectivity index (χ4v) is 5.07. The van der Waals surface area contributed by atoms with Gasteiger partial charge in [-0.1, -0.05) is 17.7 Å². The Labute approximate surface area is 169 Å². The Morgan fingerprint density at radius 3 is 2.31 bits per heavy atom. The number of fused-ring (bicyclic) bond motifs is 1. The van der Waals surface area contributed by atoms with Crippen LogP contribution in [0.4, 0.5) is 5.69 Å². The van der Waals surface area contributed by atoms with E-state index in [4.69, 9.17) is 13.9 Å². The largest absolute Gasteiger partial charge is 0.465 e. The van der Waals surface area contributed by atoms with Gasteiger partial charge in [0, 0.05) is 18.2 Å². The Bertz CT molecular complexity index is 1170. The summed E-state index contributed by atoms with van der Waals surface area (Å²) in [6, 6.07) is 8.40. The summed E-state index contributed by atoms with van der Waals surface area (Å²) in [5, 5.41) is 0.446. The molecule has 2 aromatic carbocycles. The highest BCUT2D eigenvalue weighted by atomic mass is 32.2. The molecule has 3 rings (SSSR count). The van der Waals surface area contributed by atoms with Crippen LogP contribution in [0.5, 0.6) is 0 Å². The molecule has 3 aromatic rings. The summed E-state index contributed by atoms with van der Waals surface area (Å²) < 4.78 is 44.3. The molecule has 8 heteroatoms. The summed E-state index contributed by atoms with van der Waals surface area (Å²) in [7, 11) is -1.07. The first-order valence-corrected chi connectivity index (χ1v) is 10.4. The number of nitrogens with one attached hydrogen (secondary N) is 1. The second-order valence-electron chi connectivity index (χ2n) is 6.87. The molecule has 0 unspecified atom stereocenters. The fraction of sp³-hybridized carbons (Fsp3) is 0.286. The van der Waals surface area contributed by atoms with Crippen molar-refractivity contribution in [1.29, 1.82) is 0 Å². The number of rotatable bonds is 6. The summed E-state index contributed by atoms with van der Waals surface area (Å²) in [5.41, 5.74) is 3.28. The van der Waals surface area contributed by atoms with Crippen LogP contribution in [0.1, 0.15) is 32.8 Å². The molecule has 0 radical (unpaired) electrons. The Hall–Kier alpha value is -2.84. The fourth-order valence-electron chi connectivity index (χ4n) is 3.57. The minimum absolute atomic E-state index is 0.0852. The number of methoxy groups -OCH3 is 2. The maximum Gasteiger partial charge on any atom is 0.342 e. The number of benzene rings is 2. The van der Waals surface area contributed by atoms with E-state index in [-0.39, 0.29) is 17.1 Å². The zero-order chi connectivity index (χ0) is 21.3. The number of carbonyl (C=O) groups excluding carboxylic acids is 1. The molecular weight excluding hydrogens is 394 g/mol. The predicted molar refractivity (Wildman–Crippen MR) is 110 cm³/mol. The average Bonchev–Trinajstić information content (AvgIpc) is 2.97. The predicted octanol–water partition coefficient (Wildman–Crippen LogP) is 4.09. The molecule has 7 nitrogen and oxygen atoms in total. The first kappa shape index (κ1) is 20.9. The molecule has 0 aliphatic heterocycles. The van der Waals surface area contributed by atoms with Crippen LogP contribution in [0, 0.1) is 20.8 Å². The number of hydrogen-bond acceptors (Lipinski definition) is 6. The lowest BCUT2D eigenvalue weighted by Crippen LogP contribution is -2.16. The lowest BCUT2D eigenvalue weighted by atomic mass is 10.1. The number of aryl methyl sites for hydroxylation is 3. The van der Waals surface area contributed by atoms with Gasteiger partial charge in [-0.15, -0.1) is 0 Å². The van der Waals surface area contributed by atoms with Gasteiger partial charge < -0.3 is 13.9 Å². The van der Waals surface area contributed by atoms with Crippen molar-refractivity contribution in [2.45, 2.75) is 32.3 Å². The molecular formula is C21H23NO6S. The van der Waals surface area contributed by atoms with Gasteiger partial charge in [0.25, 0.3) is 10.0 Å². The number of hydrogen-bond donors (Lipinski definition) is 1. The maximum absolute atomic E-state index is 13.0. The number of carbonyl (C=O) groups is 1. The van der Waals surface area contributed by atoms with E-state index in [1.807, 2.05) is 19.1 Å². The lowest BCUT2D eigenvalue weighted by molar-refractivity contribution is 0.0594. The average molecular weight is 417 g/mol. The van der Waals surface area contributed by atoms with Crippen LogP contribution in [0.15, 0.2) is 39.6 Å². The zero-order valence-corrected chi connectivity index (χ0v) is 17.8. The SMILES string of the molecule is COCc1oc2ccc(NS(=O)(=O)c3c(C)cc(C)cc3C)cc2c1C(=O)OC. The summed E-state index contributed by atoms with van der Waals surface area (Å²) in [6.45, 7) is 5.53. The normalized spacial score (nSPS) is 11.6. The Morgan fingerprint density at radius 1 is 1.07 bits per heavy atom. The van der Waals surface area contributed by atoms with E-state index >= 15 is 0 Å². The molecule has 0 bridgehead atoms. The highest BCUT2D eigenvalue weighted by Gasteiger charge is 2.24. The Kier molecular flexibility index (Phi) is 5.68. The smallest absolute Gasteiger partial charge is 0.342 e. The van der Waals surface area contributed by atoms with Gasteiger partial charge in [0.05, 0.1) is 12.0 Å². The van der Waals surface area contributed by atoms with Crippen LogP contribution in [-0.2, 0) is 26.1 Å².